The molecule has 0 aromatic carbocycles. The van der Waals surface area contributed by atoms with Gasteiger partial charge in [0.25, 0.3) is 0 Å². The minimum atomic E-state index is 1.13. The highest BCUT2D eigenvalue weighted by Gasteiger charge is 2.03. The maximum Gasteiger partial charge on any atom is -0.0103 e. The van der Waals surface area contributed by atoms with Gasteiger partial charge in [-0.3, -0.25) is 0 Å². The molecule has 0 saturated heterocycles. The summed E-state index contributed by atoms with van der Waals surface area (Å²) in [6.45, 7) is 0. The molecule has 56 valence electrons. The van der Waals surface area contributed by atoms with Crippen molar-refractivity contribution < 1.29 is 0 Å². The van der Waals surface area contributed by atoms with Gasteiger partial charge in [-0.1, -0.05) is 17.7 Å². The Bertz CT molecular complexity index is 145. The molecule has 1 heteroatoms. The van der Waals surface area contributed by atoms with E-state index in [1.807, 2.05) is 6.08 Å². The summed E-state index contributed by atoms with van der Waals surface area (Å²) in [5.74, 6) is 0. The average molecular weight is 137 g/mol. The molecule has 0 aliphatic heterocycles. The van der Waals surface area contributed by atoms with Crippen LogP contribution in [0.5, 0.6) is 0 Å². The van der Waals surface area contributed by atoms with E-state index in [-0.39, 0.29) is 0 Å². The Labute approximate surface area is 62.6 Å². The quantitative estimate of drug-likeness (QED) is 0.467. The molecule has 0 atom stereocenters. The molecule has 0 aromatic rings. The highest BCUT2D eigenvalue weighted by molar-refractivity contribution is 5.11. The van der Waals surface area contributed by atoms with Crippen molar-refractivity contribution in [1.29, 1.82) is 0 Å². The molecule has 1 aliphatic rings. The van der Waals surface area contributed by atoms with Crippen molar-refractivity contribution in [3.05, 3.63) is 23.9 Å². The second-order valence-corrected chi connectivity index (χ2v) is 2.72. The van der Waals surface area contributed by atoms with Gasteiger partial charge in [0.2, 0.25) is 0 Å². The van der Waals surface area contributed by atoms with Gasteiger partial charge in [0.1, 0.15) is 0 Å². The molecule has 0 spiro atoms. The van der Waals surface area contributed by atoms with Gasteiger partial charge in [-0.2, -0.15) is 0 Å². The van der Waals surface area contributed by atoms with E-state index in [4.69, 9.17) is 5.73 Å². The molecule has 0 amide bonds. The number of hydrogen-bond acceptors (Lipinski definition) is 1. The number of hydrogen-bond donors (Lipinski definition) is 1. The molecule has 0 saturated carbocycles. The van der Waals surface area contributed by atoms with Crippen LogP contribution in [0.4, 0.5) is 0 Å². The van der Waals surface area contributed by atoms with E-state index in [2.05, 4.69) is 6.08 Å². The SMILES string of the molecule is NC=CCCCC1=CCC1. The molecule has 10 heavy (non-hydrogen) atoms. The second-order valence-electron chi connectivity index (χ2n) is 2.72. The molecule has 0 aromatic heterocycles. The lowest BCUT2D eigenvalue weighted by atomic mass is 9.94. The lowest BCUT2D eigenvalue weighted by Crippen LogP contribution is -1.92. The minimum Gasteiger partial charge on any atom is -0.405 e. The van der Waals surface area contributed by atoms with Crippen LogP contribution in [0.2, 0.25) is 0 Å². The topological polar surface area (TPSA) is 26.0 Å². The summed E-state index contributed by atoms with van der Waals surface area (Å²) >= 11 is 0. The molecule has 0 heterocycles. The van der Waals surface area contributed by atoms with Crippen LogP contribution in [0.3, 0.4) is 0 Å². The van der Waals surface area contributed by atoms with Crippen molar-refractivity contribution in [2.75, 3.05) is 0 Å². The monoisotopic (exact) mass is 137 g/mol. The summed E-state index contributed by atoms with van der Waals surface area (Å²) in [6.07, 6.45) is 12.3. The molecule has 1 aliphatic carbocycles. The molecule has 0 fully saturated rings. The first-order valence-corrected chi connectivity index (χ1v) is 3.98. The van der Waals surface area contributed by atoms with E-state index in [0.29, 0.717) is 0 Å². The Morgan fingerprint density at radius 1 is 1.60 bits per heavy atom. The van der Waals surface area contributed by atoms with Crippen molar-refractivity contribution in [2.24, 2.45) is 5.73 Å². The predicted octanol–water partition coefficient (Wildman–Crippen LogP) is 2.35. The Balaban J connectivity index is 1.95. The maximum atomic E-state index is 5.20. The molecule has 0 bridgehead atoms. The molecule has 2 N–H and O–H groups in total. The van der Waals surface area contributed by atoms with Crippen LogP contribution in [-0.4, -0.2) is 0 Å². The lowest BCUT2D eigenvalue weighted by molar-refractivity contribution is 0.735. The summed E-state index contributed by atoms with van der Waals surface area (Å²) in [4.78, 5) is 0. The van der Waals surface area contributed by atoms with Crippen LogP contribution in [0.1, 0.15) is 32.1 Å². The standard InChI is InChI=1S/C9H15N/c10-8-3-1-2-5-9-6-4-7-9/h3,6,8H,1-2,4-5,7,10H2. The van der Waals surface area contributed by atoms with Crippen molar-refractivity contribution in [3.63, 3.8) is 0 Å². The van der Waals surface area contributed by atoms with E-state index < -0.39 is 0 Å². The van der Waals surface area contributed by atoms with E-state index in [1.54, 1.807) is 11.8 Å². The number of allylic oxidation sites excluding steroid dienone is 3. The summed E-state index contributed by atoms with van der Waals surface area (Å²) < 4.78 is 0. The van der Waals surface area contributed by atoms with E-state index in [9.17, 15) is 0 Å². The van der Waals surface area contributed by atoms with Gasteiger partial charge in [-0.25, -0.2) is 0 Å². The summed E-state index contributed by atoms with van der Waals surface area (Å²) in [5.41, 5.74) is 6.84. The average Bonchev–Trinajstić information content (AvgIpc) is 1.84. The minimum absolute atomic E-state index is 1.13. The van der Waals surface area contributed by atoms with Crippen LogP contribution >= 0.6 is 0 Å². The predicted molar refractivity (Wildman–Crippen MR) is 44.5 cm³/mol. The molecular formula is C9H15N. The molecular weight excluding hydrogens is 122 g/mol. The van der Waals surface area contributed by atoms with Gasteiger partial charge in [-0.15, -0.1) is 0 Å². The summed E-state index contributed by atoms with van der Waals surface area (Å²) in [7, 11) is 0. The largest absolute Gasteiger partial charge is 0.405 e. The number of unbranched alkanes of at least 4 members (excludes halogenated alkanes) is 1. The van der Waals surface area contributed by atoms with E-state index in [1.165, 1.54) is 25.7 Å². The van der Waals surface area contributed by atoms with E-state index in [0.717, 1.165) is 6.42 Å². The van der Waals surface area contributed by atoms with Crippen LogP contribution in [0.15, 0.2) is 23.9 Å². The third-order valence-electron chi connectivity index (χ3n) is 1.90. The summed E-state index contributed by atoms with van der Waals surface area (Å²) in [5, 5.41) is 0. The molecule has 1 nitrogen and oxygen atoms in total. The van der Waals surface area contributed by atoms with Gasteiger partial charge in [0, 0.05) is 0 Å². The fraction of sp³-hybridized carbons (Fsp3) is 0.556. The Morgan fingerprint density at radius 3 is 2.90 bits per heavy atom. The van der Waals surface area contributed by atoms with E-state index >= 15 is 0 Å². The fourth-order valence-electron chi connectivity index (χ4n) is 1.12. The zero-order valence-electron chi connectivity index (χ0n) is 6.34. The van der Waals surface area contributed by atoms with Crippen molar-refractivity contribution in [3.8, 4) is 0 Å². The zero-order valence-corrected chi connectivity index (χ0v) is 6.34. The van der Waals surface area contributed by atoms with Gasteiger partial charge in [0.05, 0.1) is 0 Å². The lowest BCUT2D eigenvalue weighted by Gasteiger charge is -2.12. The zero-order chi connectivity index (χ0) is 7.23. The number of nitrogens with two attached hydrogens (primary N) is 1. The Morgan fingerprint density at radius 2 is 2.40 bits per heavy atom. The van der Waals surface area contributed by atoms with Crippen molar-refractivity contribution in [2.45, 2.75) is 32.1 Å². The fourth-order valence-corrected chi connectivity index (χ4v) is 1.12. The third kappa shape index (κ3) is 2.26. The smallest absolute Gasteiger partial charge is 0.0103 e. The molecule has 1 rings (SSSR count). The van der Waals surface area contributed by atoms with Crippen molar-refractivity contribution in [1.82, 2.24) is 0 Å². The summed E-state index contributed by atoms with van der Waals surface area (Å²) in [6, 6.07) is 0. The first kappa shape index (κ1) is 7.39. The normalized spacial score (nSPS) is 17.0. The van der Waals surface area contributed by atoms with Gasteiger partial charge >= 0.3 is 0 Å². The first-order chi connectivity index (χ1) is 4.93. The maximum absolute atomic E-state index is 5.20. The highest BCUT2D eigenvalue weighted by atomic mass is 14.5. The van der Waals surface area contributed by atoms with Gasteiger partial charge in [-0.05, 0) is 38.3 Å². The molecule has 0 radical (unpaired) electrons. The third-order valence-corrected chi connectivity index (χ3v) is 1.90. The van der Waals surface area contributed by atoms with Crippen molar-refractivity contribution >= 4 is 0 Å². The molecule has 0 unspecified atom stereocenters. The highest BCUT2D eigenvalue weighted by Crippen LogP contribution is 2.22. The van der Waals surface area contributed by atoms with Crippen LogP contribution < -0.4 is 5.73 Å². The van der Waals surface area contributed by atoms with Crippen LogP contribution in [0.25, 0.3) is 0 Å². The van der Waals surface area contributed by atoms with Crippen LogP contribution in [-0.2, 0) is 0 Å². The number of rotatable bonds is 4. The first-order valence-electron chi connectivity index (χ1n) is 3.98. The van der Waals surface area contributed by atoms with Crippen LogP contribution in [0, 0.1) is 0 Å². The second kappa shape index (κ2) is 4.15. The van der Waals surface area contributed by atoms with Gasteiger partial charge in [0.15, 0.2) is 0 Å². The Kier molecular flexibility index (Phi) is 3.07. The Hall–Kier alpha value is -0.720. The van der Waals surface area contributed by atoms with Gasteiger partial charge < -0.3 is 5.73 Å².